The van der Waals surface area contributed by atoms with E-state index in [4.69, 9.17) is 21.3 Å². The molecular weight excluding hydrogens is 619 g/mol. The Labute approximate surface area is 269 Å². The van der Waals surface area contributed by atoms with Gasteiger partial charge in [-0.1, -0.05) is 30.3 Å². The first kappa shape index (κ1) is 30.6. The Hall–Kier alpha value is -4.09. The molecular formula is C34H33ClF3N5O3. The van der Waals surface area contributed by atoms with Crippen molar-refractivity contribution in [3.63, 3.8) is 0 Å². The number of carbonyl (C=O) groups is 1. The van der Waals surface area contributed by atoms with E-state index in [1.165, 1.54) is 30.3 Å². The van der Waals surface area contributed by atoms with Crippen molar-refractivity contribution >= 4 is 45.0 Å². The fraction of sp³-hybridized carbons (Fsp3) is 0.382. The minimum absolute atomic E-state index is 0.0211. The second-order valence-corrected chi connectivity index (χ2v) is 12.9. The number of aromatic nitrogens is 2. The predicted octanol–water partition coefficient (Wildman–Crippen LogP) is 6.27. The molecule has 4 aromatic rings. The van der Waals surface area contributed by atoms with Crippen LogP contribution < -0.4 is 9.64 Å². The number of nitrogens with zero attached hydrogens (tertiary/aromatic N) is 5. The Bertz CT molecular complexity index is 1890. The van der Waals surface area contributed by atoms with Gasteiger partial charge in [0.25, 0.3) is 0 Å². The Morgan fingerprint density at radius 3 is 2.80 bits per heavy atom. The van der Waals surface area contributed by atoms with Crippen molar-refractivity contribution in [3.8, 4) is 22.9 Å². The molecule has 0 bridgehead atoms. The van der Waals surface area contributed by atoms with Gasteiger partial charge in [0, 0.05) is 60.5 Å². The zero-order valence-electron chi connectivity index (χ0n) is 25.3. The first-order chi connectivity index (χ1) is 22.1. The quantitative estimate of drug-likeness (QED) is 0.246. The van der Waals surface area contributed by atoms with Crippen LogP contribution in [-0.2, 0) is 4.79 Å². The predicted molar refractivity (Wildman–Crippen MR) is 171 cm³/mol. The highest BCUT2D eigenvalue weighted by atomic mass is 35.5. The van der Waals surface area contributed by atoms with Gasteiger partial charge in [-0.25, -0.2) is 13.2 Å². The average Bonchev–Trinajstić information content (AvgIpc) is 3.55. The normalized spacial score (nSPS) is 23.3. The third kappa shape index (κ3) is 5.09. The smallest absolute Gasteiger partial charge is 0.319 e. The molecule has 0 aliphatic carbocycles. The Morgan fingerprint density at radius 1 is 1.20 bits per heavy atom. The first-order valence-corrected chi connectivity index (χ1v) is 15.8. The van der Waals surface area contributed by atoms with E-state index in [1.807, 2.05) is 11.8 Å². The van der Waals surface area contributed by atoms with Gasteiger partial charge in [-0.05, 0) is 62.0 Å². The number of carbonyl (C=O) groups excluding carboxylic acids is 1. The summed E-state index contributed by atoms with van der Waals surface area (Å²) in [6.07, 6.45) is 2.36. The molecule has 4 heterocycles. The van der Waals surface area contributed by atoms with Crippen molar-refractivity contribution in [1.82, 2.24) is 19.8 Å². The van der Waals surface area contributed by atoms with E-state index < -0.39 is 23.3 Å². The van der Waals surface area contributed by atoms with Gasteiger partial charge >= 0.3 is 6.01 Å². The lowest BCUT2D eigenvalue weighted by atomic mass is 9.95. The van der Waals surface area contributed by atoms with Gasteiger partial charge in [-0.2, -0.15) is 9.97 Å². The van der Waals surface area contributed by atoms with Gasteiger partial charge in [-0.3, -0.25) is 9.69 Å². The number of fused-ring (bicyclic) bond motifs is 3. The maximum atomic E-state index is 16.9. The van der Waals surface area contributed by atoms with Crippen LogP contribution in [0.1, 0.15) is 26.2 Å². The molecule has 0 radical (unpaired) electrons. The number of piperazine rings is 1. The molecule has 0 saturated carbocycles. The zero-order chi connectivity index (χ0) is 32.3. The monoisotopic (exact) mass is 651 g/mol. The maximum Gasteiger partial charge on any atom is 0.319 e. The van der Waals surface area contributed by atoms with Crippen molar-refractivity contribution in [2.75, 3.05) is 44.2 Å². The average molecular weight is 652 g/mol. The number of phenolic OH excluding ortho intramolecular Hbond substituents is 1. The van der Waals surface area contributed by atoms with E-state index in [1.54, 1.807) is 17.0 Å². The fourth-order valence-corrected chi connectivity index (χ4v) is 7.80. The number of halogens is 4. The van der Waals surface area contributed by atoms with Crippen LogP contribution in [0.15, 0.2) is 49.1 Å². The van der Waals surface area contributed by atoms with Gasteiger partial charge < -0.3 is 19.6 Å². The van der Waals surface area contributed by atoms with Crippen LogP contribution in [0, 0.1) is 11.6 Å². The number of amides is 1. The van der Waals surface area contributed by atoms with Crippen LogP contribution in [0.25, 0.3) is 32.8 Å². The maximum absolute atomic E-state index is 16.9. The molecule has 0 spiro atoms. The number of ether oxygens (including phenoxy) is 1. The Balaban J connectivity index is 1.37. The lowest BCUT2D eigenvalue weighted by Gasteiger charge is -2.40. The van der Waals surface area contributed by atoms with E-state index in [0.29, 0.717) is 49.2 Å². The van der Waals surface area contributed by atoms with E-state index in [2.05, 4.69) is 16.5 Å². The van der Waals surface area contributed by atoms with Crippen molar-refractivity contribution in [2.45, 2.75) is 43.9 Å². The molecule has 3 aliphatic heterocycles. The summed E-state index contributed by atoms with van der Waals surface area (Å²) in [4.78, 5) is 27.4. The third-order valence-electron chi connectivity index (χ3n) is 9.64. The van der Waals surface area contributed by atoms with Crippen LogP contribution in [0.2, 0.25) is 5.02 Å². The molecule has 1 amide bonds. The van der Waals surface area contributed by atoms with Crippen LogP contribution in [-0.4, -0.2) is 87.9 Å². The minimum Gasteiger partial charge on any atom is -0.508 e. The molecule has 3 aliphatic rings. The molecule has 3 aromatic carbocycles. The van der Waals surface area contributed by atoms with Crippen LogP contribution in [0.5, 0.6) is 11.8 Å². The molecule has 46 heavy (non-hydrogen) atoms. The molecule has 7 rings (SSSR count). The van der Waals surface area contributed by atoms with Gasteiger partial charge in [0.15, 0.2) is 5.82 Å². The fourth-order valence-electron chi connectivity index (χ4n) is 7.50. The summed E-state index contributed by atoms with van der Waals surface area (Å²) >= 11 is 6.79. The number of hydrogen-bond donors (Lipinski definition) is 1. The number of phenols is 1. The largest absolute Gasteiger partial charge is 0.508 e. The van der Waals surface area contributed by atoms with Crippen molar-refractivity contribution in [1.29, 1.82) is 0 Å². The van der Waals surface area contributed by atoms with Crippen LogP contribution in [0.4, 0.5) is 19.0 Å². The molecule has 3 saturated heterocycles. The summed E-state index contributed by atoms with van der Waals surface area (Å²) < 4.78 is 52.7. The van der Waals surface area contributed by atoms with Crippen molar-refractivity contribution in [3.05, 3.63) is 65.7 Å². The molecule has 3 fully saturated rings. The summed E-state index contributed by atoms with van der Waals surface area (Å²) in [6.45, 7) is 7.94. The summed E-state index contributed by atoms with van der Waals surface area (Å²) in [7, 11) is 0. The van der Waals surface area contributed by atoms with E-state index in [9.17, 15) is 14.3 Å². The number of aromatic hydroxyl groups is 1. The molecule has 12 heteroatoms. The highest BCUT2D eigenvalue weighted by molar-refractivity contribution is 6.35. The highest BCUT2D eigenvalue weighted by Gasteiger charge is 2.49. The SMILES string of the molecule is C=CC(=O)N1CCN(c2nc(OC[C@@]34CCCN3C[C@H](F)C4)nc3c(F)c(-c4cc(O)cc5cccc(F)c45)c(Cl)cc23)[C@H](C)C1. The molecule has 240 valence electrons. The molecule has 0 unspecified atom stereocenters. The molecule has 1 aromatic heterocycles. The van der Waals surface area contributed by atoms with Crippen LogP contribution >= 0.6 is 11.6 Å². The third-order valence-corrected chi connectivity index (χ3v) is 9.94. The topological polar surface area (TPSA) is 82.0 Å². The number of hydrogen-bond acceptors (Lipinski definition) is 7. The van der Waals surface area contributed by atoms with Crippen LogP contribution in [0.3, 0.4) is 0 Å². The van der Waals surface area contributed by atoms with Crippen molar-refractivity contribution in [2.24, 2.45) is 0 Å². The summed E-state index contributed by atoms with van der Waals surface area (Å²) in [5.74, 6) is -1.42. The van der Waals surface area contributed by atoms with E-state index in [0.717, 1.165) is 19.4 Å². The Morgan fingerprint density at radius 2 is 2.02 bits per heavy atom. The lowest BCUT2D eigenvalue weighted by Crippen LogP contribution is -2.53. The van der Waals surface area contributed by atoms with Gasteiger partial charge in [0.1, 0.15) is 35.7 Å². The van der Waals surface area contributed by atoms with Gasteiger partial charge in [-0.15, -0.1) is 0 Å². The first-order valence-electron chi connectivity index (χ1n) is 15.4. The highest BCUT2D eigenvalue weighted by Crippen LogP contribution is 2.44. The second kappa shape index (κ2) is 11.6. The molecule has 3 atom stereocenters. The lowest BCUT2D eigenvalue weighted by molar-refractivity contribution is -0.126. The Kier molecular flexibility index (Phi) is 7.71. The summed E-state index contributed by atoms with van der Waals surface area (Å²) in [5, 5.41) is 11.3. The van der Waals surface area contributed by atoms with E-state index in [-0.39, 0.29) is 57.4 Å². The molecule has 8 nitrogen and oxygen atoms in total. The van der Waals surface area contributed by atoms with E-state index >= 15 is 8.78 Å². The minimum atomic E-state index is -0.952. The molecule has 1 N–H and O–H groups in total. The number of rotatable bonds is 6. The summed E-state index contributed by atoms with van der Waals surface area (Å²) in [5.41, 5.74) is -0.629. The zero-order valence-corrected chi connectivity index (χ0v) is 26.0. The number of anilines is 1. The van der Waals surface area contributed by atoms with Gasteiger partial charge in [0.05, 0.1) is 10.6 Å². The number of benzene rings is 3. The summed E-state index contributed by atoms with van der Waals surface area (Å²) in [6, 6.07) is 8.30. The second-order valence-electron chi connectivity index (χ2n) is 12.5. The number of alkyl halides is 1. The van der Waals surface area contributed by atoms with Crippen molar-refractivity contribution < 1.29 is 27.8 Å². The van der Waals surface area contributed by atoms with Gasteiger partial charge in [0.2, 0.25) is 5.91 Å². The standard InChI is InChI=1S/C34H33ClF3N5O3/c1-3-27(45)41-10-11-43(19(2)16-41)32-24-14-25(35)29(23-13-22(44)12-20-6-4-7-26(37)28(20)23)30(38)31(24)39-33(40-32)46-18-34-8-5-9-42(34)17-21(36)15-34/h3-4,6-7,12-14,19,21,44H,1,5,8-11,15-18H2,2H3/t19-,21-,34+/m1/s1.